The van der Waals surface area contributed by atoms with E-state index in [1.807, 2.05) is 103 Å². The van der Waals surface area contributed by atoms with Gasteiger partial charge >= 0.3 is 0 Å². The van der Waals surface area contributed by atoms with Gasteiger partial charge in [-0.3, -0.25) is 9.78 Å². The van der Waals surface area contributed by atoms with Crippen LogP contribution >= 0.6 is 0 Å². The van der Waals surface area contributed by atoms with E-state index in [2.05, 4.69) is 15.5 Å². The molecule has 0 fully saturated rings. The highest BCUT2D eigenvalue weighted by Gasteiger charge is 2.12. The molecule has 2 aromatic heterocycles. The number of aromatic nitrogens is 3. The van der Waals surface area contributed by atoms with Crippen LogP contribution in [0.3, 0.4) is 0 Å². The van der Waals surface area contributed by atoms with Gasteiger partial charge in [0.05, 0.1) is 19.0 Å². The van der Waals surface area contributed by atoms with Crippen LogP contribution in [0.5, 0.6) is 11.5 Å². The molecule has 0 atom stereocenters. The Morgan fingerprint density at radius 2 is 1.69 bits per heavy atom. The molecule has 6 aromatic rings. The quantitative estimate of drug-likeness (QED) is 0.164. The number of hydrogen-bond donors (Lipinski definition) is 1. The van der Waals surface area contributed by atoms with Crippen LogP contribution in [0, 0.1) is 0 Å². The van der Waals surface area contributed by atoms with Crippen molar-refractivity contribution in [1.82, 2.24) is 20.2 Å². The van der Waals surface area contributed by atoms with Crippen molar-refractivity contribution in [1.29, 1.82) is 0 Å². The molecular formula is C34H27N5O3. The molecule has 0 bridgehead atoms. The molecule has 0 saturated heterocycles. The summed E-state index contributed by atoms with van der Waals surface area (Å²) < 4.78 is 13.1. The van der Waals surface area contributed by atoms with Crippen molar-refractivity contribution < 1.29 is 14.3 Å². The Kier molecular flexibility index (Phi) is 7.67. The summed E-state index contributed by atoms with van der Waals surface area (Å²) in [7, 11) is 1.63. The second-order valence-corrected chi connectivity index (χ2v) is 9.46. The molecule has 1 N–H and O–H groups in total. The van der Waals surface area contributed by atoms with Gasteiger partial charge in [0.1, 0.15) is 29.3 Å². The van der Waals surface area contributed by atoms with Gasteiger partial charge in [-0.15, -0.1) is 0 Å². The van der Waals surface area contributed by atoms with Gasteiger partial charge in [-0.05, 0) is 66.2 Å². The number of nitrogens with one attached hydrogen (secondary N) is 1. The van der Waals surface area contributed by atoms with E-state index in [0.29, 0.717) is 17.9 Å². The molecule has 0 aliphatic carbocycles. The molecule has 0 saturated carbocycles. The van der Waals surface area contributed by atoms with Gasteiger partial charge in [0.25, 0.3) is 5.91 Å². The lowest BCUT2D eigenvalue weighted by atomic mass is 10.1. The Morgan fingerprint density at radius 3 is 2.48 bits per heavy atom. The van der Waals surface area contributed by atoms with Gasteiger partial charge < -0.3 is 9.47 Å². The van der Waals surface area contributed by atoms with E-state index in [1.54, 1.807) is 36.3 Å². The fourth-order valence-electron chi connectivity index (χ4n) is 4.50. The minimum atomic E-state index is -0.321. The number of pyridine rings is 1. The molecule has 206 valence electrons. The van der Waals surface area contributed by atoms with Gasteiger partial charge in [0, 0.05) is 34.5 Å². The first-order valence-electron chi connectivity index (χ1n) is 13.4. The zero-order chi connectivity index (χ0) is 28.7. The zero-order valence-corrected chi connectivity index (χ0v) is 22.8. The number of rotatable bonds is 9. The first-order valence-corrected chi connectivity index (χ1v) is 13.4. The van der Waals surface area contributed by atoms with Gasteiger partial charge in [-0.2, -0.15) is 10.2 Å². The Labute approximate surface area is 242 Å². The number of hydrogen-bond acceptors (Lipinski definition) is 6. The van der Waals surface area contributed by atoms with Gasteiger partial charge in [0.2, 0.25) is 0 Å². The summed E-state index contributed by atoms with van der Waals surface area (Å²) in [6.45, 7) is 0.356. The summed E-state index contributed by atoms with van der Waals surface area (Å²) in [5.41, 5.74) is 8.15. The van der Waals surface area contributed by atoms with E-state index < -0.39 is 0 Å². The topological polar surface area (TPSA) is 90.6 Å². The average molecular weight is 554 g/mol. The minimum absolute atomic E-state index is 0.321. The lowest BCUT2D eigenvalue weighted by molar-refractivity contribution is 0.0955. The highest BCUT2D eigenvalue weighted by Crippen LogP contribution is 2.26. The molecule has 42 heavy (non-hydrogen) atoms. The molecule has 8 heteroatoms. The summed E-state index contributed by atoms with van der Waals surface area (Å²) >= 11 is 0. The summed E-state index contributed by atoms with van der Waals surface area (Å²) in [5, 5.41) is 10.0. The largest absolute Gasteiger partial charge is 0.497 e. The number of nitrogens with zero attached hydrogens (tertiary/aromatic N) is 4. The lowest BCUT2D eigenvalue weighted by Crippen LogP contribution is -2.17. The van der Waals surface area contributed by atoms with E-state index in [4.69, 9.17) is 14.6 Å². The van der Waals surface area contributed by atoms with E-state index in [0.717, 1.165) is 44.7 Å². The third-order valence-corrected chi connectivity index (χ3v) is 6.70. The van der Waals surface area contributed by atoms with Gasteiger partial charge in [-0.1, -0.05) is 48.5 Å². The molecule has 1 amide bonds. The number of fused-ring (bicyclic) bond motifs is 1. The van der Waals surface area contributed by atoms with Gasteiger partial charge in [-0.25, -0.2) is 10.1 Å². The average Bonchev–Trinajstić information content (AvgIpc) is 3.48. The number of carbonyl (C=O) groups excluding carboxylic acids is 1. The summed E-state index contributed by atoms with van der Waals surface area (Å²) in [6.07, 6.45) is 5.23. The molecule has 2 heterocycles. The Morgan fingerprint density at radius 1 is 0.905 bits per heavy atom. The second-order valence-electron chi connectivity index (χ2n) is 9.46. The number of methoxy groups -OCH3 is 1. The number of amides is 1. The van der Waals surface area contributed by atoms with E-state index in [9.17, 15) is 4.79 Å². The van der Waals surface area contributed by atoms with E-state index in [1.165, 1.54) is 0 Å². The van der Waals surface area contributed by atoms with Crippen LogP contribution in [0.2, 0.25) is 0 Å². The van der Waals surface area contributed by atoms with Crippen LogP contribution in [-0.2, 0) is 6.61 Å². The van der Waals surface area contributed by atoms with Gasteiger partial charge in [0.15, 0.2) is 0 Å². The molecular weight excluding hydrogens is 526 g/mol. The predicted molar refractivity (Wildman–Crippen MR) is 163 cm³/mol. The standard InChI is InChI=1S/C34H27N5O3/c1-41-30-18-16-26(17-19-30)32-28(22-39(38-32)29-9-3-2-4-10-29)21-36-37-34(40)27-14-12-24(13-15-27)23-42-31-11-5-7-25-8-6-20-35-33(25)31/h2-22H,23H2,1H3,(H,37,40)/b36-21+. The molecule has 6 rings (SSSR count). The first-order chi connectivity index (χ1) is 20.7. The molecule has 0 aliphatic rings. The van der Waals surface area contributed by atoms with Crippen molar-refractivity contribution in [3.05, 3.63) is 138 Å². The van der Waals surface area contributed by atoms with E-state index in [-0.39, 0.29) is 5.91 Å². The van der Waals surface area contributed by atoms with Crippen molar-refractivity contribution in [3.8, 4) is 28.4 Å². The van der Waals surface area contributed by atoms with Crippen LogP contribution in [0.25, 0.3) is 27.8 Å². The second kappa shape index (κ2) is 12.2. The predicted octanol–water partition coefficient (Wildman–Crippen LogP) is 6.44. The van der Waals surface area contributed by atoms with Crippen molar-refractivity contribution >= 4 is 23.0 Å². The van der Waals surface area contributed by atoms with Crippen LogP contribution in [0.1, 0.15) is 21.5 Å². The summed E-state index contributed by atoms with van der Waals surface area (Å²) in [5.74, 6) is 1.15. The maximum Gasteiger partial charge on any atom is 0.271 e. The molecule has 4 aromatic carbocycles. The third-order valence-electron chi connectivity index (χ3n) is 6.70. The number of benzene rings is 4. The normalized spacial score (nSPS) is 11.1. The molecule has 0 spiro atoms. The number of para-hydroxylation sites is 2. The molecule has 0 radical (unpaired) electrons. The Balaban J connectivity index is 1.14. The monoisotopic (exact) mass is 553 g/mol. The fourth-order valence-corrected chi connectivity index (χ4v) is 4.50. The maximum atomic E-state index is 12.8. The van der Waals surface area contributed by atoms with Crippen molar-refractivity contribution in [3.63, 3.8) is 0 Å². The van der Waals surface area contributed by atoms with Crippen LogP contribution in [-0.4, -0.2) is 34.0 Å². The third kappa shape index (κ3) is 5.88. The summed E-state index contributed by atoms with van der Waals surface area (Å²) in [6, 6.07) is 34.4. The smallest absolute Gasteiger partial charge is 0.271 e. The zero-order valence-electron chi connectivity index (χ0n) is 22.8. The fraction of sp³-hybridized carbons (Fsp3) is 0.0588. The highest BCUT2D eigenvalue weighted by molar-refractivity contribution is 5.95. The first kappa shape index (κ1) is 26.5. The highest BCUT2D eigenvalue weighted by atomic mass is 16.5. The van der Waals surface area contributed by atoms with E-state index >= 15 is 0 Å². The minimum Gasteiger partial charge on any atom is -0.497 e. The number of hydrazone groups is 1. The lowest BCUT2D eigenvalue weighted by Gasteiger charge is -2.09. The molecule has 0 unspecified atom stereocenters. The van der Waals surface area contributed by atoms with Crippen molar-refractivity contribution in [2.75, 3.05) is 7.11 Å². The van der Waals surface area contributed by atoms with Crippen molar-refractivity contribution in [2.45, 2.75) is 6.61 Å². The maximum absolute atomic E-state index is 12.8. The van der Waals surface area contributed by atoms with Crippen LogP contribution < -0.4 is 14.9 Å². The molecule has 8 nitrogen and oxygen atoms in total. The number of ether oxygens (including phenoxy) is 2. The van der Waals surface area contributed by atoms with Crippen molar-refractivity contribution in [2.24, 2.45) is 5.10 Å². The summed E-state index contributed by atoms with van der Waals surface area (Å²) in [4.78, 5) is 17.3. The Bertz CT molecular complexity index is 1840. The van der Waals surface area contributed by atoms with Crippen LogP contribution in [0.4, 0.5) is 0 Å². The Hall–Kier alpha value is -5.76. The number of carbonyl (C=O) groups is 1. The molecule has 0 aliphatic heterocycles. The SMILES string of the molecule is COc1ccc(-c2nn(-c3ccccc3)cc2/C=N/NC(=O)c2ccc(COc3cccc4cccnc34)cc2)cc1. The van der Waals surface area contributed by atoms with Crippen LogP contribution in [0.15, 0.2) is 127 Å².